The molecule has 0 atom stereocenters. The van der Waals surface area contributed by atoms with E-state index >= 15 is 0 Å². The molecule has 4 heteroatoms. The van der Waals surface area contributed by atoms with Crippen molar-refractivity contribution in [2.45, 2.75) is 0 Å². The molecular formula is C10H7N4. The zero-order valence-electron chi connectivity index (χ0n) is 7.31. The Morgan fingerprint density at radius 3 is 3.07 bits per heavy atom. The first-order valence-corrected chi connectivity index (χ1v) is 4.25. The highest BCUT2D eigenvalue weighted by Crippen LogP contribution is 2.17. The number of hydrogen-bond acceptors (Lipinski definition) is 3. The van der Waals surface area contributed by atoms with Crippen molar-refractivity contribution < 1.29 is 0 Å². The van der Waals surface area contributed by atoms with Gasteiger partial charge in [-0.3, -0.25) is 4.40 Å². The van der Waals surface area contributed by atoms with E-state index in [1.165, 1.54) is 0 Å². The first-order chi connectivity index (χ1) is 6.86. The number of hydrogen-bond donors (Lipinski definition) is 1. The van der Waals surface area contributed by atoms with Crippen molar-refractivity contribution in [3.63, 3.8) is 0 Å². The number of rotatable bonds is 0. The van der Waals surface area contributed by atoms with Crippen LogP contribution in [0.4, 0.5) is 5.82 Å². The second kappa shape index (κ2) is 2.45. The summed E-state index contributed by atoms with van der Waals surface area (Å²) in [6.07, 6.45) is 4.52. The van der Waals surface area contributed by atoms with Crippen molar-refractivity contribution in [2.24, 2.45) is 0 Å². The van der Waals surface area contributed by atoms with Crippen LogP contribution in [0.5, 0.6) is 0 Å². The Bertz CT molecular complexity index is 612. The van der Waals surface area contributed by atoms with Crippen molar-refractivity contribution >= 4 is 22.5 Å². The van der Waals surface area contributed by atoms with Gasteiger partial charge in [0.1, 0.15) is 6.20 Å². The maximum atomic E-state index is 5.75. The fraction of sp³-hybridized carbons (Fsp3) is 0. The average Bonchev–Trinajstić information content (AvgIpc) is 2.67. The summed E-state index contributed by atoms with van der Waals surface area (Å²) < 4.78 is 1.89. The third kappa shape index (κ3) is 0.821. The topological polar surface area (TPSA) is 56.2 Å². The van der Waals surface area contributed by atoms with Crippen molar-refractivity contribution in [1.29, 1.82) is 0 Å². The number of anilines is 1. The van der Waals surface area contributed by atoms with Gasteiger partial charge >= 0.3 is 0 Å². The van der Waals surface area contributed by atoms with E-state index < -0.39 is 0 Å². The van der Waals surface area contributed by atoms with Gasteiger partial charge in [0.2, 0.25) is 0 Å². The van der Waals surface area contributed by atoms with Crippen LogP contribution in [0, 0.1) is 6.20 Å². The zero-order chi connectivity index (χ0) is 9.54. The molecule has 0 aliphatic rings. The van der Waals surface area contributed by atoms with E-state index in [1.807, 2.05) is 28.7 Å². The van der Waals surface area contributed by atoms with E-state index in [-0.39, 0.29) is 0 Å². The van der Waals surface area contributed by atoms with E-state index in [0.29, 0.717) is 11.5 Å². The second-order valence-corrected chi connectivity index (χ2v) is 3.05. The smallest absolute Gasteiger partial charge is 0.181 e. The molecule has 0 aliphatic heterocycles. The third-order valence-corrected chi connectivity index (χ3v) is 2.20. The molecule has 2 heterocycles. The third-order valence-electron chi connectivity index (χ3n) is 2.20. The molecule has 67 valence electrons. The summed E-state index contributed by atoms with van der Waals surface area (Å²) in [6, 6.07) is 7.79. The van der Waals surface area contributed by atoms with Crippen LogP contribution in [0.2, 0.25) is 0 Å². The van der Waals surface area contributed by atoms with Crippen LogP contribution < -0.4 is 5.73 Å². The highest BCUT2D eigenvalue weighted by atomic mass is 15.1. The largest absolute Gasteiger partial charge is 0.381 e. The lowest BCUT2D eigenvalue weighted by atomic mass is 10.3. The van der Waals surface area contributed by atoms with Gasteiger partial charge in [-0.25, -0.2) is 9.97 Å². The van der Waals surface area contributed by atoms with Crippen LogP contribution in [-0.4, -0.2) is 14.4 Å². The predicted molar refractivity (Wildman–Crippen MR) is 53.7 cm³/mol. The fourth-order valence-corrected chi connectivity index (χ4v) is 1.57. The normalized spacial score (nSPS) is 11.1. The van der Waals surface area contributed by atoms with E-state index in [0.717, 1.165) is 11.0 Å². The first kappa shape index (κ1) is 7.32. The molecule has 0 fully saturated rings. The summed E-state index contributed by atoms with van der Waals surface area (Å²) in [5.41, 5.74) is 8.26. The summed E-state index contributed by atoms with van der Waals surface area (Å²) in [4.78, 5) is 8.27. The predicted octanol–water partition coefficient (Wildman–Crippen LogP) is 1.26. The maximum Gasteiger partial charge on any atom is 0.181 e. The van der Waals surface area contributed by atoms with Gasteiger partial charge in [0.05, 0.1) is 11.0 Å². The van der Waals surface area contributed by atoms with E-state index in [9.17, 15) is 0 Å². The molecule has 1 aromatic carbocycles. The number of para-hydroxylation sites is 2. The minimum absolute atomic E-state index is 0.435. The van der Waals surface area contributed by atoms with Crippen LogP contribution in [0.15, 0.2) is 30.5 Å². The molecule has 0 unspecified atom stereocenters. The van der Waals surface area contributed by atoms with Crippen LogP contribution in [0.1, 0.15) is 0 Å². The molecule has 3 rings (SSSR count). The molecule has 14 heavy (non-hydrogen) atoms. The molecule has 1 radical (unpaired) electrons. The highest BCUT2D eigenvalue weighted by Gasteiger charge is 2.04. The standard InChI is InChI=1S/C10H7N4/c11-9-10-12-5-6-14(10)8-4-2-1-3-7(8)13-9/h1-4,6H,(H2,11,13). The number of imidazole rings is 1. The summed E-state index contributed by atoms with van der Waals surface area (Å²) in [7, 11) is 0. The molecule has 3 aromatic rings. The SMILES string of the molecule is Nc1nc2ccccc2n2c[c]nc12. The summed E-state index contributed by atoms with van der Waals surface area (Å²) >= 11 is 0. The molecule has 0 spiro atoms. The molecule has 0 aliphatic carbocycles. The minimum Gasteiger partial charge on any atom is -0.381 e. The summed E-state index contributed by atoms with van der Waals surface area (Å²) in [5, 5.41) is 0. The Kier molecular flexibility index (Phi) is 1.28. The van der Waals surface area contributed by atoms with Gasteiger partial charge in [-0.1, -0.05) is 12.1 Å². The first-order valence-electron chi connectivity index (χ1n) is 4.25. The number of nitrogen functional groups attached to an aromatic ring is 1. The quantitative estimate of drug-likeness (QED) is 0.571. The van der Waals surface area contributed by atoms with E-state index in [4.69, 9.17) is 5.73 Å². The number of benzene rings is 1. The zero-order valence-corrected chi connectivity index (χ0v) is 7.31. The molecule has 2 N–H and O–H groups in total. The molecule has 2 aromatic heterocycles. The van der Waals surface area contributed by atoms with Crippen molar-refractivity contribution in [2.75, 3.05) is 5.73 Å². The van der Waals surface area contributed by atoms with E-state index in [1.54, 1.807) is 6.20 Å². The lowest BCUT2D eigenvalue weighted by Crippen LogP contribution is -1.97. The van der Waals surface area contributed by atoms with Crippen molar-refractivity contribution in [3.05, 3.63) is 36.7 Å². The summed E-state index contributed by atoms with van der Waals surface area (Å²) in [5.74, 6) is 0.435. The van der Waals surface area contributed by atoms with Crippen LogP contribution in [-0.2, 0) is 0 Å². The molecule has 0 bridgehead atoms. The van der Waals surface area contributed by atoms with Gasteiger partial charge in [-0.15, -0.1) is 0 Å². The Morgan fingerprint density at radius 2 is 2.14 bits per heavy atom. The van der Waals surface area contributed by atoms with Gasteiger partial charge < -0.3 is 5.73 Å². The number of aromatic nitrogens is 3. The van der Waals surface area contributed by atoms with Crippen LogP contribution in [0.25, 0.3) is 16.7 Å². The highest BCUT2D eigenvalue weighted by molar-refractivity contribution is 5.81. The van der Waals surface area contributed by atoms with Gasteiger partial charge in [0.25, 0.3) is 0 Å². The Labute approximate surface area is 80.0 Å². The average molecular weight is 183 g/mol. The van der Waals surface area contributed by atoms with Gasteiger partial charge in [-0.05, 0) is 12.1 Å². The van der Waals surface area contributed by atoms with Crippen molar-refractivity contribution in [1.82, 2.24) is 14.4 Å². The minimum atomic E-state index is 0.435. The van der Waals surface area contributed by atoms with Crippen LogP contribution >= 0.6 is 0 Å². The molecule has 0 saturated heterocycles. The fourth-order valence-electron chi connectivity index (χ4n) is 1.57. The van der Waals surface area contributed by atoms with Crippen LogP contribution in [0.3, 0.4) is 0 Å². The van der Waals surface area contributed by atoms with Gasteiger partial charge in [0, 0.05) is 6.20 Å². The van der Waals surface area contributed by atoms with Gasteiger partial charge in [0.15, 0.2) is 11.5 Å². The maximum absolute atomic E-state index is 5.75. The number of nitrogens with two attached hydrogens (primary N) is 1. The Morgan fingerprint density at radius 1 is 1.29 bits per heavy atom. The lowest BCUT2D eigenvalue weighted by Gasteiger charge is -2.02. The van der Waals surface area contributed by atoms with Gasteiger partial charge in [-0.2, -0.15) is 0 Å². The molecule has 0 saturated carbocycles. The molecule has 0 amide bonds. The molecule has 4 nitrogen and oxygen atoms in total. The Hall–Kier alpha value is -2.10. The summed E-state index contributed by atoms with van der Waals surface area (Å²) in [6.45, 7) is 0. The molecular weight excluding hydrogens is 176 g/mol. The number of nitrogens with zero attached hydrogens (tertiary/aromatic N) is 3. The Balaban J connectivity index is 2.66. The van der Waals surface area contributed by atoms with E-state index in [2.05, 4.69) is 16.2 Å². The monoisotopic (exact) mass is 183 g/mol. The van der Waals surface area contributed by atoms with Crippen molar-refractivity contribution in [3.8, 4) is 0 Å². The lowest BCUT2D eigenvalue weighted by molar-refractivity contribution is 1.21. The number of fused-ring (bicyclic) bond motifs is 3. The second-order valence-electron chi connectivity index (χ2n) is 3.05.